The number of carbonyl (C=O) groups excluding carboxylic acids is 4. The minimum atomic E-state index is -1.00. The van der Waals surface area contributed by atoms with Crippen LogP contribution in [-0.4, -0.2) is 49.0 Å². The molecule has 0 radical (unpaired) electrons. The van der Waals surface area contributed by atoms with E-state index in [1.54, 1.807) is 66.7 Å². The molecular weight excluding hydrogens is 560 g/mol. The van der Waals surface area contributed by atoms with Crippen molar-refractivity contribution in [3.8, 4) is 0 Å². The van der Waals surface area contributed by atoms with Crippen molar-refractivity contribution >= 4 is 63.5 Å². The minimum Gasteiger partial charge on any atom is -0.378 e. The average Bonchev–Trinajstić information content (AvgIpc) is 3.57. The first-order chi connectivity index (χ1) is 19.7. The Morgan fingerprint density at radius 3 is 2.29 bits per heavy atom. The van der Waals surface area contributed by atoms with Gasteiger partial charge in [0.2, 0.25) is 5.91 Å². The minimum absolute atomic E-state index is 0.0726. The third-order valence-electron chi connectivity index (χ3n) is 6.78. The second-order valence-corrected chi connectivity index (χ2v) is 11.1. The van der Waals surface area contributed by atoms with Gasteiger partial charge in [-0.15, -0.1) is 11.3 Å². The molecule has 1 aliphatic rings. The van der Waals surface area contributed by atoms with Gasteiger partial charge in [0.1, 0.15) is 12.6 Å². The largest absolute Gasteiger partial charge is 0.378 e. The molecule has 0 bridgehead atoms. The quantitative estimate of drug-likeness (QED) is 0.265. The highest BCUT2D eigenvalue weighted by Gasteiger charge is 2.39. The number of carbonyl (C=O) groups is 4. The molecule has 41 heavy (non-hydrogen) atoms. The van der Waals surface area contributed by atoms with Gasteiger partial charge in [-0.25, -0.2) is 0 Å². The molecule has 208 valence electrons. The highest BCUT2D eigenvalue weighted by atomic mass is 35.5. The summed E-state index contributed by atoms with van der Waals surface area (Å²) in [5.41, 5.74) is 2.93. The molecule has 3 amide bonds. The van der Waals surface area contributed by atoms with Crippen molar-refractivity contribution in [1.29, 1.82) is 0 Å². The molecule has 0 saturated heterocycles. The number of hydrogen-bond acceptors (Lipinski definition) is 6. The lowest BCUT2D eigenvalue weighted by molar-refractivity contribution is -0.138. The molecule has 2 heterocycles. The van der Waals surface area contributed by atoms with Crippen molar-refractivity contribution in [2.24, 2.45) is 0 Å². The molecule has 1 aromatic heterocycles. The normalized spacial score (nSPS) is 13.1. The molecule has 3 aromatic carbocycles. The van der Waals surface area contributed by atoms with Crippen LogP contribution in [0.1, 0.15) is 26.8 Å². The first-order valence-corrected chi connectivity index (χ1v) is 14.1. The first-order valence-electron chi connectivity index (χ1n) is 12.8. The van der Waals surface area contributed by atoms with E-state index in [9.17, 15) is 19.2 Å². The number of halogens is 1. The third-order valence-corrected chi connectivity index (χ3v) is 7.96. The topological polar surface area (TPSA) is 90.0 Å². The number of thiophene rings is 1. The predicted octanol–water partition coefficient (Wildman–Crippen LogP) is 5.41. The van der Waals surface area contributed by atoms with Crippen LogP contribution in [0, 0.1) is 0 Å². The molecule has 0 aliphatic carbocycles. The zero-order chi connectivity index (χ0) is 29.1. The summed E-state index contributed by atoms with van der Waals surface area (Å²) in [4.78, 5) is 58.7. The summed E-state index contributed by atoms with van der Waals surface area (Å²) in [5.74, 6) is -2.33. The van der Waals surface area contributed by atoms with Gasteiger partial charge in [-0.05, 0) is 65.5 Å². The predicted molar refractivity (Wildman–Crippen MR) is 162 cm³/mol. The average molecular weight is 587 g/mol. The number of ketones is 1. The number of rotatable bonds is 9. The number of fused-ring (bicyclic) bond motifs is 1. The summed E-state index contributed by atoms with van der Waals surface area (Å²) in [5, 5.41) is 5.33. The van der Waals surface area contributed by atoms with Crippen LogP contribution in [0.25, 0.3) is 0 Å². The molecule has 0 saturated carbocycles. The smallest absolute Gasteiger partial charge is 0.299 e. The van der Waals surface area contributed by atoms with E-state index in [1.807, 2.05) is 42.6 Å². The lowest BCUT2D eigenvalue weighted by Gasteiger charge is -2.32. The maximum absolute atomic E-state index is 14.1. The summed E-state index contributed by atoms with van der Waals surface area (Å²) in [6, 6.07) is 23.6. The fraction of sp³-hybridized carbons (Fsp3) is 0.161. The Hall–Kier alpha value is -4.47. The third kappa shape index (κ3) is 6.01. The number of para-hydroxylation sites is 1. The van der Waals surface area contributed by atoms with Gasteiger partial charge in [0.25, 0.3) is 17.6 Å². The Bertz CT molecular complexity index is 1590. The standard InChI is InChI=1S/C31H27ClN4O4S/c1-34(2)23-15-13-22(14-16-23)33-30(39)28(26-8-5-17-41-26)36(18-20-9-11-21(32)12-10-20)27(37)19-35-25-7-4-3-6-24(25)29(38)31(35)40/h3-17,28H,18-19H2,1-2H3,(H,33,39). The van der Waals surface area contributed by atoms with Crippen LogP contribution in [0.5, 0.6) is 0 Å². The van der Waals surface area contributed by atoms with Crippen molar-refractivity contribution in [2.45, 2.75) is 12.6 Å². The van der Waals surface area contributed by atoms with Gasteiger partial charge in [0.05, 0.1) is 11.3 Å². The monoisotopic (exact) mass is 586 g/mol. The van der Waals surface area contributed by atoms with Gasteiger partial charge in [0.15, 0.2) is 0 Å². The highest BCUT2D eigenvalue weighted by molar-refractivity contribution is 7.10. The van der Waals surface area contributed by atoms with Crippen LogP contribution in [0.4, 0.5) is 17.1 Å². The van der Waals surface area contributed by atoms with E-state index >= 15 is 0 Å². The molecule has 4 aromatic rings. The lowest BCUT2D eigenvalue weighted by atomic mass is 10.1. The van der Waals surface area contributed by atoms with E-state index in [-0.39, 0.29) is 12.1 Å². The van der Waals surface area contributed by atoms with Crippen LogP contribution >= 0.6 is 22.9 Å². The molecule has 1 unspecified atom stereocenters. The van der Waals surface area contributed by atoms with Crippen LogP contribution in [0.2, 0.25) is 5.02 Å². The van der Waals surface area contributed by atoms with Crippen molar-refractivity contribution in [2.75, 3.05) is 35.8 Å². The second-order valence-electron chi connectivity index (χ2n) is 9.73. The van der Waals surface area contributed by atoms with E-state index in [0.29, 0.717) is 21.3 Å². The van der Waals surface area contributed by atoms with Crippen molar-refractivity contribution in [1.82, 2.24) is 4.90 Å². The Morgan fingerprint density at radius 1 is 0.927 bits per heavy atom. The molecule has 10 heteroatoms. The Morgan fingerprint density at radius 2 is 1.63 bits per heavy atom. The van der Waals surface area contributed by atoms with E-state index in [4.69, 9.17) is 11.6 Å². The summed E-state index contributed by atoms with van der Waals surface area (Å²) < 4.78 is 0. The van der Waals surface area contributed by atoms with Crippen molar-refractivity contribution in [3.05, 3.63) is 111 Å². The van der Waals surface area contributed by atoms with Gasteiger partial charge in [-0.2, -0.15) is 0 Å². The SMILES string of the molecule is CN(C)c1ccc(NC(=O)C(c2cccs2)N(Cc2ccc(Cl)cc2)C(=O)CN2C(=O)C(=O)c3ccccc32)cc1. The molecule has 1 N–H and O–H groups in total. The van der Waals surface area contributed by atoms with Crippen LogP contribution in [-0.2, 0) is 20.9 Å². The summed E-state index contributed by atoms with van der Waals surface area (Å²) in [6.07, 6.45) is 0. The van der Waals surface area contributed by atoms with E-state index in [2.05, 4.69) is 5.32 Å². The fourth-order valence-corrected chi connectivity index (χ4v) is 5.63. The van der Waals surface area contributed by atoms with Gasteiger partial charge in [-0.1, -0.05) is 41.9 Å². The Labute approximate surface area is 246 Å². The molecule has 1 aliphatic heterocycles. The van der Waals surface area contributed by atoms with E-state index in [0.717, 1.165) is 11.3 Å². The number of amides is 3. The first kappa shape index (κ1) is 28.1. The van der Waals surface area contributed by atoms with Gasteiger partial charge in [-0.3, -0.25) is 24.1 Å². The highest BCUT2D eigenvalue weighted by Crippen LogP contribution is 2.32. The summed E-state index contributed by atoms with van der Waals surface area (Å²) >= 11 is 7.44. The number of nitrogens with one attached hydrogen (secondary N) is 1. The summed E-state index contributed by atoms with van der Waals surface area (Å²) in [7, 11) is 3.86. The molecular formula is C31H27ClN4O4S. The van der Waals surface area contributed by atoms with Gasteiger partial charge < -0.3 is 15.1 Å². The number of anilines is 3. The molecule has 8 nitrogen and oxygen atoms in total. The summed E-state index contributed by atoms with van der Waals surface area (Å²) in [6.45, 7) is -0.328. The molecule has 0 fully saturated rings. The zero-order valence-corrected chi connectivity index (χ0v) is 24.0. The number of hydrogen-bond donors (Lipinski definition) is 1. The maximum atomic E-state index is 14.1. The van der Waals surface area contributed by atoms with E-state index in [1.165, 1.54) is 21.1 Å². The van der Waals surface area contributed by atoms with Crippen LogP contribution < -0.4 is 15.1 Å². The number of benzene rings is 3. The zero-order valence-electron chi connectivity index (χ0n) is 22.4. The molecule has 0 spiro atoms. The molecule has 5 rings (SSSR count). The Balaban J connectivity index is 1.49. The van der Waals surface area contributed by atoms with Crippen molar-refractivity contribution < 1.29 is 19.2 Å². The van der Waals surface area contributed by atoms with Crippen LogP contribution in [0.3, 0.4) is 0 Å². The van der Waals surface area contributed by atoms with Crippen LogP contribution in [0.15, 0.2) is 90.3 Å². The lowest BCUT2D eigenvalue weighted by Crippen LogP contribution is -2.46. The number of nitrogens with zero attached hydrogens (tertiary/aromatic N) is 3. The fourth-order valence-electron chi connectivity index (χ4n) is 4.67. The van der Waals surface area contributed by atoms with E-state index < -0.39 is 36.1 Å². The number of Topliss-reactive ketones (excluding diaryl/α,β-unsaturated/α-hetero) is 1. The Kier molecular flexibility index (Phi) is 8.19. The van der Waals surface area contributed by atoms with Gasteiger partial charge >= 0.3 is 0 Å². The second kappa shape index (κ2) is 12.0. The van der Waals surface area contributed by atoms with Crippen molar-refractivity contribution in [3.63, 3.8) is 0 Å². The maximum Gasteiger partial charge on any atom is 0.299 e. The van der Waals surface area contributed by atoms with Gasteiger partial charge in [0, 0.05) is 41.9 Å². The molecule has 1 atom stereocenters.